The maximum atomic E-state index is 12.5. The third-order valence-corrected chi connectivity index (χ3v) is 6.36. The number of aryl methyl sites for hydroxylation is 1. The fourth-order valence-electron chi connectivity index (χ4n) is 4.56. The van der Waals surface area contributed by atoms with E-state index in [1.807, 2.05) is 37.3 Å². The van der Waals surface area contributed by atoms with Crippen LogP contribution in [0.5, 0.6) is 0 Å². The van der Waals surface area contributed by atoms with Crippen LogP contribution in [0.15, 0.2) is 36.4 Å². The summed E-state index contributed by atoms with van der Waals surface area (Å²) in [6, 6.07) is 11.5. The SMILES string of the molecule is Cc1ccc2c(c1)C(COC(=O)ON1C(=O)CCC1=O)c1cc(NC(=O)CCCC(=O)NCCO)ccc1-2. The van der Waals surface area contributed by atoms with Gasteiger partial charge < -0.3 is 20.5 Å². The Hall–Kier alpha value is -4.25. The van der Waals surface area contributed by atoms with Gasteiger partial charge in [-0.3, -0.25) is 24.0 Å². The summed E-state index contributed by atoms with van der Waals surface area (Å²) in [7, 11) is 0. The minimum atomic E-state index is -1.15. The molecule has 2 aliphatic rings. The van der Waals surface area contributed by atoms with Gasteiger partial charge in [0, 0.05) is 43.8 Å². The number of hydrogen-bond acceptors (Lipinski definition) is 8. The van der Waals surface area contributed by atoms with E-state index in [1.54, 1.807) is 6.07 Å². The molecule has 1 fully saturated rings. The first-order chi connectivity index (χ1) is 18.3. The van der Waals surface area contributed by atoms with Crippen LogP contribution >= 0.6 is 0 Å². The molecule has 0 saturated carbocycles. The van der Waals surface area contributed by atoms with Crippen LogP contribution in [0.3, 0.4) is 0 Å². The number of anilines is 1. The molecule has 11 nitrogen and oxygen atoms in total. The van der Waals surface area contributed by atoms with Crippen molar-refractivity contribution in [1.82, 2.24) is 10.4 Å². The molecular formula is C27H29N3O8. The Labute approximate surface area is 219 Å². The minimum Gasteiger partial charge on any atom is -0.432 e. The fraction of sp³-hybridized carbons (Fsp3) is 0.370. The number of rotatable bonds is 10. The number of aliphatic hydroxyl groups is 1. The molecule has 1 heterocycles. The molecule has 0 radical (unpaired) electrons. The molecule has 4 amide bonds. The van der Waals surface area contributed by atoms with Crippen molar-refractivity contribution >= 4 is 35.5 Å². The third kappa shape index (κ3) is 6.17. The van der Waals surface area contributed by atoms with Gasteiger partial charge in [-0.15, -0.1) is 0 Å². The standard InChI is InChI=1S/C27H29N3O8/c1-16-5-7-18-19-8-6-17(29-24(33)4-2-3-23(32)28-11-12-31)14-21(19)22(20(18)13-16)15-37-27(36)38-30-25(34)9-10-26(30)35/h5-8,13-14,22,31H,2-4,9-12,15H2,1H3,(H,28,32)(H,29,33). The van der Waals surface area contributed by atoms with Crippen molar-refractivity contribution in [2.75, 3.05) is 25.1 Å². The third-order valence-electron chi connectivity index (χ3n) is 6.36. The molecule has 1 atom stereocenters. The molecule has 2 aromatic carbocycles. The van der Waals surface area contributed by atoms with E-state index in [1.165, 1.54) is 0 Å². The first kappa shape index (κ1) is 26.8. The van der Waals surface area contributed by atoms with Crippen molar-refractivity contribution in [3.8, 4) is 11.1 Å². The molecule has 3 N–H and O–H groups in total. The fourth-order valence-corrected chi connectivity index (χ4v) is 4.56. The molecule has 11 heteroatoms. The normalized spacial score (nSPS) is 15.6. The molecule has 0 bridgehead atoms. The molecular weight excluding hydrogens is 494 g/mol. The summed E-state index contributed by atoms with van der Waals surface area (Å²) in [5.41, 5.74) is 5.28. The van der Waals surface area contributed by atoms with Crippen molar-refractivity contribution < 1.29 is 38.7 Å². The molecule has 0 aromatic heterocycles. The van der Waals surface area contributed by atoms with Gasteiger partial charge in [-0.2, -0.15) is 0 Å². The Morgan fingerprint density at radius 2 is 1.63 bits per heavy atom. The number of fused-ring (bicyclic) bond motifs is 3. The van der Waals surface area contributed by atoms with E-state index in [-0.39, 0.29) is 63.2 Å². The first-order valence-corrected chi connectivity index (χ1v) is 12.4. The molecule has 0 spiro atoms. The zero-order chi connectivity index (χ0) is 27.2. The Balaban J connectivity index is 1.43. The number of imide groups is 1. The number of hydrogen-bond donors (Lipinski definition) is 3. The predicted octanol–water partition coefficient (Wildman–Crippen LogP) is 2.54. The number of aliphatic hydroxyl groups excluding tert-OH is 1. The lowest BCUT2D eigenvalue weighted by Gasteiger charge is -2.17. The minimum absolute atomic E-state index is 0.0137. The number of carbonyl (C=O) groups is 5. The van der Waals surface area contributed by atoms with E-state index >= 15 is 0 Å². The zero-order valence-corrected chi connectivity index (χ0v) is 21.0. The Morgan fingerprint density at radius 3 is 2.34 bits per heavy atom. The van der Waals surface area contributed by atoms with Crippen molar-refractivity contribution in [2.45, 2.75) is 44.9 Å². The summed E-state index contributed by atoms with van der Waals surface area (Å²) in [4.78, 5) is 64.6. The summed E-state index contributed by atoms with van der Waals surface area (Å²) < 4.78 is 5.31. The topological polar surface area (TPSA) is 151 Å². The molecule has 1 saturated heterocycles. The van der Waals surface area contributed by atoms with Gasteiger partial charge in [-0.25, -0.2) is 4.79 Å². The Kier molecular flexibility index (Phi) is 8.37. The Morgan fingerprint density at radius 1 is 0.974 bits per heavy atom. The highest BCUT2D eigenvalue weighted by Crippen LogP contribution is 2.46. The average Bonchev–Trinajstić information content (AvgIpc) is 3.36. The van der Waals surface area contributed by atoms with Gasteiger partial charge >= 0.3 is 6.16 Å². The van der Waals surface area contributed by atoms with E-state index in [0.29, 0.717) is 17.2 Å². The van der Waals surface area contributed by atoms with Gasteiger partial charge in [0.05, 0.1) is 6.61 Å². The number of ether oxygens (including phenoxy) is 1. The lowest BCUT2D eigenvalue weighted by atomic mass is 9.96. The van der Waals surface area contributed by atoms with Crippen LogP contribution in [0.25, 0.3) is 11.1 Å². The van der Waals surface area contributed by atoms with Crippen molar-refractivity contribution in [3.63, 3.8) is 0 Å². The summed E-state index contributed by atoms with van der Waals surface area (Å²) >= 11 is 0. The Bertz CT molecular complexity index is 1260. The van der Waals surface area contributed by atoms with Gasteiger partial charge in [0.15, 0.2) is 0 Å². The molecule has 1 aliphatic carbocycles. The van der Waals surface area contributed by atoms with E-state index in [9.17, 15) is 24.0 Å². The summed E-state index contributed by atoms with van der Waals surface area (Å²) in [6.07, 6.45) is -0.491. The molecule has 2 aromatic rings. The number of carbonyl (C=O) groups excluding carboxylic acids is 5. The number of nitrogens with zero attached hydrogens (tertiary/aromatic N) is 1. The number of amides is 4. The lowest BCUT2D eigenvalue weighted by Crippen LogP contribution is -2.32. The second-order valence-electron chi connectivity index (χ2n) is 9.15. The summed E-state index contributed by atoms with van der Waals surface area (Å²) in [6.45, 7) is 1.90. The van der Waals surface area contributed by atoms with E-state index in [4.69, 9.17) is 14.7 Å². The summed E-state index contributed by atoms with van der Waals surface area (Å²) in [5, 5.41) is 14.6. The highest BCUT2D eigenvalue weighted by molar-refractivity contribution is 6.01. The molecule has 1 unspecified atom stereocenters. The van der Waals surface area contributed by atoms with Crippen LogP contribution in [-0.2, 0) is 28.8 Å². The second-order valence-corrected chi connectivity index (χ2v) is 9.15. The van der Waals surface area contributed by atoms with Gasteiger partial charge in [0.2, 0.25) is 11.8 Å². The largest absolute Gasteiger partial charge is 0.533 e. The quantitative estimate of drug-likeness (QED) is 0.317. The summed E-state index contributed by atoms with van der Waals surface area (Å²) in [5.74, 6) is -2.01. The molecule has 4 rings (SSSR count). The maximum absolute atomic E-state index is 12.5. The van der Waals surface area contributed by atoms with Crippen molar-refractivity contribution in [2.24, 2.45) is 0 Å². The number of hydroxylamine groups is 2. The maximum Gasteiger partial charge on any atom is 0.533 e. The van der Waals surface area contributed by atoms with E-state index in [0.717, 1.165) is 27.8 Å². The van der Waals surface area contributed by atoms with Crippen LogP contribution in [0, 0.1) is 6.92 Å². The molecule has 38 heavy (non-hydrogen) atoms. The predicted molar refractivity (Wildman–Crippen MR) is 135 cm³/mol. The molecule has 1 aliphatic heterocycles. The monoisotopic (exact) mass is 523 g/mol. The second kappa shape index (κ2) is 11.9. The van der Waals surface area contributed by atoms with Gasteiger partial charge in [0.1, 0.15) is 6.61 Å². The van der Waals surface area contributed by atoms with Crippen molar-refractivity contribution in [3.05, 3.63) is 53.1 Å². The van der Waals surface area contributed by atoms with Crippen molar-refractivity contribution in [1.29, 1.82) is 0 Å². The highest BCUT2D eigenvalue weighted by Gasteiger charge is 2.35. The van der Waals surface area contributed by atoms with Crippen LogP contribution < -0.4 is 10.6 Å². The van der Waals surface area contributed by atoms with E-state index in [2.05, 4.69) is 10.6 Å². The molecule has 200 valence electrons. The van der Waals surface area contributed by atoms with Crippen LogP contribution in [0.2, 0.25) is 0 Å². The zero-order valence-electron chi connectivity index (χ0n) is 21.0. The lowest BCUT2D eigenvalue weighted by molar-refractivity contribution is -0.177. The number of nitrogens with one attached hydrogen (secondary N) is 2. The van der Waals surface area contributed by atoms with Crippen LogP contribution in [0.1, 0.15) is 54.7 Å². The van der Waals surface area contributed by atoms with Crippen LogP contribution in [-0.4, -0.2) is 59.7 Å². The average molecular weight is 524 g/mol. The van der Waals surface area contributed by atoms with Crippen LogP contribution in [0.4, 0.5) is 10.5 Å². The highest BCUT2D eigenvalue weighted by atomic mass is 16.8. The van der Waals surface area contributed by atoms with Gasteiger partial charge in [0.25, 0.3) is 11.8 Å². The first-order valence-electron chi connectivity index (χ1n) is 12.4. The van der Waals surface area contributed by atoms with E-state index < -0.39 is 18.0 Å². The van der Waals surface area contributed by atoms with Gasteiger partial charge in [-0.1, -0.05) is 34.9 Å². The number of benzene rings is 2. The smallest absolute Gasteiger partial charge is 0.432 e. The van der Waals surface area contributed by atoms with Gasteiger partial charge in [-0.05, 0) is 47.7 Å².